The maximum Gasteiger partial charge on any atom is 0.257 e. The Morgan fingerprint density at radius 1 is 1.19 bits per heavy atom. The van der Waals surface area contributed by atoms with Crippen molar-refractivity contribution >= 4 is 11.4 Å². The second kappa shape index (κ2) is 7.93. The van der Waals surface area contributed by atoms with E-state index in [2.05, 4.69) is 21.6 Å². The zero-order valence-electron chi connectivity index (χ0n) is 18.1. The minimum absolute atomic E-state index is 0.0784. The van der Waals surface area contributed by atoms with Crippen molar-refractivity contribution in [2.45, 2.75) is 24.5 Å². The Balaban J connectivity index is 1.32. The summed E-state index contributed by atoms with van der Waals surface area (Å²) in [7, 11) is 3.19. The lowest BCUT2D eigenvalue weighted by molar-refractivity contribution is -0.162. The summed E-state index contributed by atoms with van der Waals surface area (Å²) < 4.78 is 14.7. The van der Waals surface area contributed by atoms with E-state index in [1.165, 1.54) is 6.20 Å². The number of rotatable bonds is 5. The third-order valence-corrected chi connectivity index (χ3v) is 6.58. The van der Waals surface area contributed by atoms with Gasteiger partial charge in [-0.3, -0.25) is 9.48 Å². The van der Waals surface area contributed by atoms with Crippen LogP contribution in [0.3, 0.4) is 0 Å². The lowest BCUT2D eigenvalue weighted by Crippen LogP contribution is -2.69. The number of piperidine rings is 1. The van der Waals surface area contributed by atoms with Crippen molar-refractivity contribution in [1.82, 2.24) is 29.6 Å². The first-order valence-corrected chi connectivity index (χ1v) is 10.6. The summed E-state index contributed by atoms with van der Waals surface area (Å²) in [5.41, 5.74) is 2.27. The van der Waals surface area contributed by atoms with Gasteiger partial charge in [0, 0.05) is 56.8 Å². The van der Waals surface area contributed by atoms with Crippen LogP contribution in [0.25, 0.3) is 16.6 Å². The van der Waals surface area contributed by atoms with Crippen LogP contribution >= 0.6 is 0 Å². The highest BCUT2D eigenvalue weighted by atomic mass is 16.5. The molecule has 5 heterocycles. The number of carbonyl (C=O) groups is 1. The van der Waals surface area contributed by atoms with Crippen molar-refractivity contribution in [3.63, 3.8) is 0 Å². The van der Waals surface area contributed by atoms with Gasteiger partial charge in [-0.05, 0) is 18.9 Å². The van der Waals surface area contributed by atoms with Gasteiger partial charge in [-0.1, -0.05) is 0 Å². The Labute approximate surface area is 185 Å². The van der Waals surface area contributed by atoms with Crippen LogP contribution in [0.15, 0.2) is 30.9 Å². The van der Waals surface area contributed by atoms with Gasteiger partial charge >= 0.3 is 0 Å². The minimum atomic E-state index is -0.693. The van der Waals surface area contributed by atoms with Crippen LogP contribution in [0.5, 0.6) is 5.75 Å². The number of fused-ring (bicyclic) bond motifs is 1. The molecule has 2 aliphatic heterocycles. The molecule has 0 unspecified atom stereocenters. The highest BCUT2D eigenvalue weighted by molar-refractivity contribution is 5.87. The molecule has 2 saturated heterocycles. The summed E-state index contributed by atoms with van der Waals surface area (Å²) in [6.07, 6.45) is 8.93. The fraction of sp³-hybridized carbons (Fsp3) is 0.455. The van der Waals surface area contributed by atoms with Crippen LogP contribution in [-0.2, 0) is 9.53 Å². The highest BCUT2D eigenvalue weighted by Crippen LogP contribution is 2.31. The maximum absolute atomic E-state index is 12.9. The van der Waals surface area contributed by atoms with E-state index in [4.69, 9.17) is 9.47 Å². The number of hydrogen-bond acceptors (Lipinski definition) is 7. The first kappa shape index (κ1) is 20.5. The number of carbonyl (C=O) groups excluding carboxylic acids is 1. The number of likely N-dealkylation sites (tertiary alicyclic amines) is 1. The number of hydrogen-bond donors (Lipinski definition) is 1. The average Bonchev–Trinajstić information content (AvgIpc) is 3.45. The van der Waals surface area contributed by atoms with Gasteiger partial charge in [0.15, 0.2) is 5.60 Å². The molecule has 0 spiro atoms. The van der Waals surface area contributed by atoms with Gasteiger partial charge in [-0.25, -0.2) is 4.52 Å². The first-order chi connectivity index (χ1) is 15.6. The van der Waals surface area contributed by atoms with E-state index in [9.17, 15) is 10.1 Å². The van der Waals surface area contributed by atoms with Crippen LogP contribution in [-0.4, -0.2) is 76.2 Å². The molecular formula is C22H25N7O3. The Morgan fingerprint density at radius 2 is 1.97 bits per heavy atom. The number of methoxy groups -OCH3 is 2. The molecule has 2 fully saturated rings. The van der Waals surface area contributed by atoms with Gasteiger partial charge in [0.1, 0.15) is 22.9 Å². The zero-order valence-corrected chi connectivity index (χ0v) is 18.1. The summed E-state index contributed by atoms with van der Waals surface area (Å²) in [4.78, 5) is 14.8. The minimum Gasteiger partial charge on any atom is -0.494 e. The lowest BCUT2D eigenvalue weighted by Gasteiger charge is -2.44. The van der Waals surface area contributed by atoms with E-state index >= 15 is 0 Å². The number of nitrogens with one attached hydrogen (secondary N) is 1. The molecule has 0 atom stereocenters. The Hall–Kier alpha value is -3.42. The molecule has 1 N–H and O–H groups in total. The summed E-state index contributed by atoms with van der Waals surface area (Å²) >= 11 is 0. The largest absolute Gasteiger partial charge is 0.494 e. The molecule has 0 aliphatic carbocycles. The molecule has 0 aromatic carbocycles. The van der Waals surface area contributed by atoms with E-state index < -0.39 is 5.60 Å². The fourth-order valence-electron chi connectivity index (χ4n) is 4.52. The smallest absolute Gasteiger partial charge is 0.257 e. The van der Waals surface area contributed by atoms with Gasteiger partial charge < -0.3 is 19.7 Å². The van der Waals surface area contributed by atoms with Crippen LogP contribution in [0.2, 0.25) is 0 Å². The molecule has 1 amide bonds. The fourth-order valence-corrected chi connectivity index (χ4v) is 4.52. The number of aromatic nitrogens is 4. The predicted octanol–water partition coefficient (Wildman–Crippen LogP) is 1.23. The predicted molar refractivity (Wildman–Crippen MR) is 115 cm³/mol. The van der Waals surface area contributed by atoms with Gasteiger partial charge in [0.25, 0.3) is 5.91 Å². The van der Waals surface area contributed by atoms with E-state index in [1.807, 2.05) is 34.2 Å². The average molecular weight is 435 g/mol. The van der Waals surface area contributed by atoms with Crippen molar-refractivity contribution in [1.29, 1.82) is 5.26 Å². The molecule has 2 aliphatic rings. The molecule has 3 aromatic rings. The van der Waals surface area contributed by atoms with Crippen molar-refractivity contribution in [2.24, 2.45) is 0 Å². The quantitative estimate of drug-likeness (QED) is 0.642. The SMILES string of the molecule is COc1cc(-c2cnn(C3CCN(C(=O)C4(OC)CNC4)CC3)c2)cn2ncc(C#N)c12. The number of amides is 1. The summed E-state index contributed by atoms with van der Waals surface area (Å²) in [6.45, 7) is 2.52. The van der Waals surface area contributed by atoms with Crippen LogP contribution in [0.4, 0.5) is 0 Å². The topological polar surface area (TPSA) is 110 Å². The molecule has 10 heteroatoms. The lowest BCUT2D eigenvalue weighted by atomic mass is 9.93. The molecule has 10 nitrogen and oxygen atoms in total. The van der Waals surface area contributed by atoms with Crippen molar-refractivity contribution < 1.29 is 14.3 Å². The molecule has 32 heavy (non-hydrogen) atoms. The van der Waals surface area contributed by atoms with E-state index in [0.717, 1.165) is 24.0 Å². The summed E-state index contributed by atoms with van der Waals surface area (Å²) in [6, 6.07) is 4.27. The van der Waals surface area contributed by atoms with Gasteiger partial charge in [0.05, 0.1) is 25.5 Å². The van der Waals surface area contributed by atoms with Gasteiger partial charge in [-0.15, -0.1) is 0 Å². The molecule has 3 aromatic heterocycles. The van der Waals surface area contributed by atoms with Crippen molar-refractivity contribution in [3.05, 3.63) is 36.4 Å². The number of nitriles is 1. The molecule has 166 valence electrons. The third-order valence-electron chi connectivity index (χ3n) is 6.58. The van der Waals surface area contributed by atoms with E-state index in [0.29, 0.717) is 43.0 Å². The van der Waals surface area contributed by atoms with Crippen LogP contribution in [0.1, 0.15) is 24.4 Å². The van der Waals surface area contributed by atoms with Crippen molar-refractivity contribution in [3.8, 4) is 22.9 Å². The maximum atomic E-state index is 12.9. The number of nitrogens with zero attached hydrogens (tertiary/aromatic N) is 6. The molecule has 0 bridgehead atoms. The number of ether oxygens (including phenoxy) is 2. The molecular weight excluding hydrogens is 410 g/mol. The Bertz CT molecular complexity index is 1190. The Kier molecular flexibility index (Phi) is 5.07. The first-order valence-electron chi connectivity index (χ1n) is 10.6. The number of pyridine rings is 1. The van der Waals surface area contributed by atoms with Gasteiger partial charge in [0.2, 0.25) is 0 Å². The monoisotopic (exact) mass is 435 g/mol. The zero-order chi connectivity index (χ0) is 22.3. The highest BCUT2D eigenvalue weighted by Gasteiger charge is 2.47. The van der Waals surface area contributed by atoms with E-state index in [1.54, 1.807) is 18.7 Å². The summed E-state index contributed by atoms with van der Waals surface area (Å²) in [5, 5.41) is 21.3. The second-order valence-corrected chi connectivity index (χ2v) is 8.29. The molecule has 0 radical (unpaired) electrons. The standard InChI is InChI=1S/C22H25N7O3/c1-31-19-7-15(11-29-20(19)16(8-23)9-26-29)17-10-25-28(12-17)18-3-5-27(6-4-18)21(30)22(32-2)13-24-14-22/h7,9-12,18,24H,3-6,13-14H2,1-2H3. The molecule has 0 saturated carbocycles. The second-order valence-electron chi connectivity index (χ2n) is 8.29. The van der Waals surface area contributed by atoms with Crippen LogP contribution < -0.4 is 10.1 Å². The normalized spacial score (nSPS) is 18.3. The van der Waals surface area contributed by atoms with Gasteiger partial charge in [-0.2, -0.15) is 15.5 Å². The Morgan fingerprint density at radius 3 is 2.59 bits per heavy atom. The van der Waals surface area contributed by atoms with Crippen LogP contribution in [0, 0.1) is 11.3 Å². The third kappa shape index (κ3) is 3.21. The van der Waals surface area contributed by atoms with E-state index in [-0.39, 0.29) is 11.9 Å². The van der Waals surface area contributed by atoms with Crippen molar-refractivity contribution in [2.75, 3.05) is 40.4 Å². The summed E-state index contributed by atoms with van der Waals surface area (Å²) in [5.74, 6) is 0.670. The molecule has 5 rings (SSSR count).